The van der Waals surface area contributed by atoms with Crippen molar-refractivity contribution in [2.75, 3.05) is 19.7 Å². The zero-order valence-electron chi connectivity index (χ0n) is 16.3. The van der Waals surface area contributed by atoms with Gasteiger partial charge in [-0.1, -0.05) is 37.3 Å². The van der Waals surface area contributed by atoms with Crippen LogP contribution < -0.4 is 10.6 Å². The Morgan fingerprint density at radius 3 is 2.52 bits per heavy atom. The molecule has 0 unspecified atom stereocenters. The summed E-state index contributed by atoms with van der Waals surface area (Å²) >= 11 is 0. The van der Waals surface area contributed by atoms with Gasteiger partial charge in [-0.15, -0.1) is 24.0 Å². The maximum Gasteiger partial charge on any atom is 0.191 e. The molecule has 0 aliphatic rings. The Labute approximate surface area is 180 Å². The molecule has 5 nitrogen and oxygen atoms in total. The molecule has 0 fully saturated rings. The average molecular weight is 482 g/mol. The molecule has 0 spiro atoms. The number of ether oxygens (including phenoxy) is 1. The van der Waals surface area contributed by atoms with Crippen molar-refractivity contribution < 1.29 is 4.74 Å². The van der Waals surface area contributed by atoms with Crippen LogP contribution in [0.3, 0.4) is 0 Å². The first-order valence-electron chi connectivity index (χ1n) is 9.40. The van der Waals surface area contributed by atoms with E-state index >= 15 is 0 Å². The van der Waals surface area contributed by atoms with Crippen LogP contribution in [-0.4, -0.2) is 30.6 Å². The molecule has 2 N–H and O–H groups in total. The van der Waals surface area contributed by atoms with Crippen LogP contribution >= 0.6 is 24.0 Å². The predicted octanol–water partition coefficient (Wildman–Crippen LogP) is 3.92. The summed E-state index contributed by atoms with van der Waals surface area (Å²) < 4.78 is 5.69. The third-order valence-corrected chi connectivity index (χ3v) is 3.88. The van der Waals surface area contributed by atoms with Gasteiger partial charge in [0.2, 0.25) is 0 Å². The van der Waals surface area contributed by atoms with Crippen LogP contribution in [0.2, 0.25) is 0 Å². The number of rotatable bonds is 10. The van der Waals surface area contributed by atoms with Gasteiger partial charge in [-0.05, 0) is 36.6 Å². The van der Waals surface area contributed by atoms with E-state index in [1.54, 1.807) is 0 Å². The smallest absolute Gasteiger partial charge is 0.191 e. The molecule has 2 aromatic rings. The van der Waals surface area contributed by atoms with Gasteiger partial charge >= 0.3 is 0 Å². The van der Waals surface area contributed by atoms with E-state index < -0.39 is 0 Å². The molecule has 1 aromatic heterocycles. The highest BCUT2D eigenvalue weighted by atomic mass is 127. The Morgan fingerprint density at radius 1 is 1.04 bits per heavy atom. The van der Waals surface area contributed by atoms with Crippen molar-refractivity contribution in [1.29, 1.82) is 0 Å². The minimum atomic E-state index is 0. The highest BCUT2D eigenvalue weighted by Crippen LogP contribution is 2.11. The van der Waals surface area contributed by atoms with E-state index in [4.69, 9.17) is 9.73 Å². The van der Waals surface area contributed by atoms with Gasteiger partial charge < -0.3 is 15.4 Å². The molecule has 0 aliphatic heterocycles. The molecule has 0 amide bonds. The van der Waals surface area contributed by atoms with Crippen LogP contribution in [-0.2, 0) is 24.3 Å². The zero-order valence-corrected chi connectivity index (χ0v) is 18.6. The van der Waals surface area contributed by atoms with Crippen molar-refractivity contribution in [2.45, 2.75) is 39.8 Å². The van der Waals surface area contributed by atoms with Gasteiger partial charge in [-0.2, -0.15) is 0 Å². The quantitative estimate of drug-likeness (QED) is 0.233. The Morgan fingerprint density at radius 2 is 1.81 bits per heavy atom. The number of nitrogens with one attached hydrogen (secondary N) is 2. The molecule has 1 aromatic carbocycles. The predicted molar refractivity (Wildman–Crippen MR) is 123 cm³/mol. The summed E-state index contributed by atoms with van der Waals surface area (Å²) in [5.41, 5.74) is 3.48. The van der Waals surface area contributed by atoms with Crippen LogP contribution in [0, 0.1) is 0 Å². The number of aromatic nitrogens is 1. The number of hydrogen-bond acceptors (Lipinski definition) is 3. The zero-order chi connectivity index (χ0) is 18.5. The van der Waals surface area contributed by atoms with Gasteiger partial charge in [-0.3, -0.25) is 4.98 Å². The summed E-state index contributed by atoms with van der Waals surface area (Å²) in [5, 5.41) is 6.68. The lowest BCUT2D eigenvalue weighted by atomic mass is 10.1. The summed E-state index contributed by atoms with van der Waals surface area (Å²) in [4.78, 5) is 9.07. The van der Waals surface area contributed by atoms with E-state index in [0.29, 0.717) is 13.2 Å². The number of hydrogen-bond donors (Lipinski definition) is 2. The van der Waals surface area contributed by atoms with Crippen molar-refractivity contribution in [1.82, 2.24) is 15.6 Å². The van der Waals surface area contributed by atoms with Gasteiger partial charge in [0.1, 0.15) is 0 Å². The maximum absolute atomic E-state index is 5.69. The van der Waals surface area contributed by atoms with E-state index in [1.165, 1.54) is 11.1 Å². The fourth-order valence-electron chi connectivity index (χ4n) is 2.54. The second-order valence-corrected chi connectivity index (χ2v) is 6.01. The Hall–Kier alpha value is -1.67. The van der Waals surface area contributed by atoms with Crippen LogP contribution in [0.15, 0.2) is 53.7 Å². The summed E-state index contributed by atoms with van der Waals surface area (Å²) in [6.45, 7) is 7.88. The molecular weight excluding hydrogens is 451 g/mol. The number of benzene rings is 1. The third-order valence-electron chi connectivity index (χ3n) is 3.88. The van der Waals surface area contributed by atoms with Crippen molar-refractivity contribution >= 4 is 29.9 Å². The van der Waals surface area contributed by atoms with Gasteiger partial charge in [-0.25, -0.2) is 4.99 Å². The molecule has 2 rings (SSSR count). The molecule has 0 saturated heterocycles. The van der Waals surface area contributed by atoms with Gasteiger partial charge in [0.25, 0.3) is 0 Å². The third kappa shape index (κ3) is 9.19. The highest BCUT2D eigenvalue weighted by Gasteiger charge is 2.03. The first kappa shape index (κ1) is 23.4. The molecule has 0 bridgehead atoms. The van der Waals surface area contributed by atoms with Crippen molar-refractivity contribution in [3.63, 3.8) is 0 Å². The van der Waals surface area contributed by atoms with Crippen LogP contribution in [0.4, 0.5) is 0 Å². The van der Waals surface area contributed by atoms with E-state index in [2.05, 4.69) is 47.7 Å². The Kier molecular flexibility index (Phi) is 12.5. The minimum Gasteiger partial charge on any atom is -0.377 e. The normalized spacial score (nSPS) is 11.0. The highest BCUT2D eigenvalue weighted by molar-refractivity contribution is 14.0. The van der Waals surface area contributed by atoms with Crippen molar-refractivity contribution in [3.05, 3.63) is 65.5 Å². The monoisotopic (exact) mass is 482 g/mol. The van der Waals surface area contributed by atoms with Gasteiger partial charge in [0.15, 0.2) is 5.96 Å². The van der Waals surface area contributed by atoms with E-state index in [-0.39, 0.29) is 24.0 Å². The van der Waals surface area contributed by atoms with E-state index in [1.807, 2.05) is 30.5 Å². The maximum atomic E-state index is 5.69. The Balaban J connectivity index is 0.00000364. The number of nitrogens with zero attached hydrogens (tertiary/aromatic N) is 2. The molecule has 0 aliphatic carbocycles. The number of pyridine rings is 1. The fraction of sp³-hybridized carbons (Fsp3) is 0.429. The number of halogens is 1. The topological polar surface area (TPSA) is 58.5 Å². The van der Waals surface area contributed by atoms with Crippen LogP contribution in [0.5, 0.6) is 0 Å². The number of aliphatic imine (C=N–C) groups is 1. The van der Waals surface area contributed by atoms with Crippen LogP contribution in [0.1, 0.15) is 37.1 Å². The SMILES string of the molecule is CCCOCc1ccccc1CN=C(NCC)NCCc1ccccn1.I. The second kappa shape index (κ2) is 14.4. The van der Waals surface area contributed by atoms with E-state index in [0.717, 1.165) is 44.2 Å². The first-order chi connectivity index (χ1) is 12.8. The first-order valence-corrected chi connectivity index (χ1v) is 9.40. The molecule has 0 atom stereocenters. The molecular formula is C21H31IN4O. The van der Waals surface area contributed by atoms with Gasteiger partial charge in [0, 0.05) is 38.0 Å². The summed E-state index contributed by atoms with van der Waals surface area (Å²) in [7, 11) is 0. The largest absolute Gasteiger partial charge is 0.377 e. The Bertz CT molecular complexity index is 664. The van der Waals surface area contributed by atoms with Crippen LogP contribution in [0.25, 0.3) is 0 Å². The van der Waals surface area contributed by atoms with Crippen molar-refractivity contribution in [2.24, 2.45) is 4.99 Å². The summed E-state index contributed by atoms with van der Waals surface area (Å²) in [6.07, 6.45) is 3.73. The average Bonchev–Trinajstić information content (AvgIpc) is 2.68. The summed E-state index contributed by atoms with van der Waals surface area (Å²) in [6, 6.07) is 14.3. The molecule has 27 heavy (non-hydrogen) atoms. The van der Waals surface area contributed by atoms with Gasteiger partial charge in [0.05, 0.1) is 13.2 Å². The fourth-order valence-corrected chi connectivity index (χ4v) is 2.54. The molecule has 0 saturated carbocycles. The molecule has 1 heterocycles. The number of guanidine groups is 1. The summed E-state index contributed by atoms with van der Waals surface area (Å²) in [5.74, 6) is 0.827. The standard InChI is InChI=1S/C21H30N4O.HI/c1-3-15-26-17-19-10-6-5-9-18(19)16-25-21(22-4-2)24-14-12-20-11-7-8-13-23-20;/h5-11,13H,3-4,12,14-17H2,1-2H3,(H2,22,24,25);1H. The molecule has 148 valence electrons. The lowest BCUT2D eigenvalue weighted by Crippen LogP contribution is -2.38. The minimum absolute atomic E-state index is 0. The lowest BCUT2D eigenvalue weighted by molar-refractivity contribution is 0.121. The van der Waals surface area contributed by atoms with Crippen molar-refractivity contribution in [3.8, 4) is 0 Å². The second-order valence-electron chi connectivity index (χ2n) is 6.01. The van der Waals surface area contributed by atoms with E-state index in [9.17, 15) is 0 Å². The molecule has 6 heteroatoms. The molecule has 0 radical (unpaired) electrons. The lowest BCUT2D eigenvalue weighted by Gasteiger charge is -2.12.